The molecule has 0 heterocycles. The van der Waals surface area contributed by atoms with Gasteiger partial charge in [0.25, 0.3) is 0 Å². The monoisotopic (exact) mass is 267 g/mol. The van der Waals surface area contributed by atoms with E-state index in [1.54, 1.807) is 0 Å². The molecule has 0 saturated carbocycles. The van der Waals surface area contributed by atoms with Crippen molar-refractivity contribution in [3.63, 3.8) is 0 Å². The third kappa shape index (κ3) is 8.72. The van der Waals surface area contributed by atoms with E-state index in [1.165, 1.54) is 0 Å². The molecule has 0 fully saturated rings. The highest BCUT2D eigenvalue weighted by atomic mass is 16.6. The van der Waals surface area contributed by atoms with Crippen LogP contribution in [0.4, 0.5) is 0 Å². The second-order valence-corrected chi connectivity index (χ2v) is 3.80. The van der Waals surface area contributed by atoms with Gasteiger partial charge in [-0.3, -0.25) is 0 Å². The first kappa shape index (κ1) is 17.7. The SMILES string of the molecule is NCCNCCNCC(O)C(CO)OC(O)CO. The Morgan fingerprint density at radius 2 is 1.67 bits per heavy atom. The predicted octanol–water partition coefficient (Wildman–Crippen LogP) is -3.83. The number of nitrogens with two attached hydrogens (primary N) is 1. The molecule has 3 unspecified atom stereocenters. The van der Waals surface area contributed by atoms with E-state index in [9.17, 15) is 5.11 Å². The van der Waals surface area contributed by atoms with Gasteiger partial charge in [0.05, 0.1) is 19.3 Å². The molecule has 0 aromatic rings. The van der Waals surface area contributed by atoms with Crippen LogP contribution in [0, 0.1) is 0 Å². The number of rotatable bonds is 12. The average molecular weight is 267 g/mol. The minimum Gasteiger partial charge on any atom is -0.394 e. The Balaban J connectivity index is 3.66. The molecule has 0 rings (SSSR count). The molecule has 0 aromatic heterocycles. The number of hydrogen-bond donors (Lipinski definition) is 7. The Morgan fingerprint density at radius 3 is 2.22 bits per heavy atom. The number of aliphatic hydroxyl groups is 4. The van der Waals surface area contributed by atoms with E-state index in [1.807, 2.05) is 0 Å². The molecule has 3 atom stereocenters. The summed E-state index contributed by atoms with van der Waals surface area (Å²) in [5, 5.41) is 42.3. The van der Waals surface area contributed by atoms with Crippen molar-refractivity contribution in [3.05, 3.63) is 0 Å². The fourth-order valence-corrected chi connectivity index (χ4v) is 1.29. The number of nitrogens with one attached hydrogen (secondary N) is 2. The van der Waals surface area contributed by atoms with Gasteiger partial charge in [0, 0.05) is 32.7 Å². The van der Waals surface area contributed by atoms with Crippen molar-refractivity contribution in [2.24, 2.45) is 5.73 Å². The van der Waals surface area contributed by atoms with Crippen molar-refractivity contribution in [2.45, 2.75) is 18.5 Å². The molecular formula is C10H25N3O5. The zero-order chi connectivity index (χ0) is 13.8. The molecule has 0 aliphatic carbocycles. The van der Waals surface area contributed by atoms with Crippen LogP contribution < -0.4 is 16.4 Å². The second kappa shape index (κ2) is 11.8. The van der Waals surface area contributed by atoms with Gasteiger partial charge < -0.3 is 41.5 Å². The molecule has 110 valence electrons. The van der Waals surface area contributed by atoms with E-state index in [4.69, 9.17) is 25.8 Å². The van der Waals surface area contributed by atoms with Gasteiger partial charge in [0.1, 0.15) is 6.10 Å². The first-order valence-corrected chi connectivity index (χ1v) is 6.00. The summed E-state index contributed by atoms with van der Waals surface area (Å²) < 4.78 is 4.84. The zero-order valence-corrected chi connectivity index (χ0v) is 10.5. The molecule has 0 amide bonds. The van der Waals surface area contributed by atoms with Gasteiger partial charge in [0.15, 0.2) is 6.29 Å². The molecule has 18 heavy (non-hydrogen) atoms. The lowest BCUT2D eigenvalue weighted by Crippen LogP contribution is -2.44. The second-order valence-electron chi connectivity index (χ2n) is 3.80. The van der Waals surface area contributed by atoms with E-state index >= 15 is 0 Å². The highest BCUT2D eigenvalue weighted by Crippen LogP contribution is 2.01. The Morgan fingerprint density at radius 1 is 1.00 bits per heavy atom. The van der Waals surface area contributed by atoms with Crippen molar-refractivity contribution in [2.75, 3.05) is 45.9 Å². The van der Waals surface area contributed by atoms with Gasteiger partial charge >= 0.3 is 0 Å². The minimum absolute atomic E-state index is 0.216. The Hall–Kier alpha value is -0.320. The fraction of sp³-hybridized carbons (Fsp3) is 1.00. The summed E-state index contributed by atoms with van der Waals surface area (Å²) in [5.74, 6) is 0. The molecule has 0 bridgehead atoms. The highest BCUT2D eigenvalue weighted by molar-refractivity contribution is 4.71. The van der Waals surface area contributed by atoms with Crippen molar-refractivity contribution in [1.29, 1.82) is 0 Å². The van der Waals surface area contributed by atoms with Crippen LogP contribution in [-0.2, 0) is 4.74 Å². The van der Waals surface area contributed by atoms with Gasteiger partial charge in [0.2, 0.25) is 0 Å². The molecule has 0 radical (unpaired) electrons. The van der Waals surface area contributed by atoms with Crippen LogP contribution in [0.3, 0.4) is 0 Å². The van der Waals surface area contributed by atoms with E-state index in [-0.39, 0.29) is 6.54 Å². The van der Waals surface area contributed by atoms with Gasteiger partial charge in [-0.05, 0) is 0 Å². The summed E-state index contributed by atoms with van der Waals surface area (Å²) in [6.07, 6.45) is -3.30. The van der Waals surface area contributed by atoms with Gasteiger partial charge in [-0.2, -0.15) is 0 Å². The van der Waals surface area contributed by atoms with Crippen LogP contribution >= 0.6 is 0 Å². The third-order valence-corrected chi connectivity index (χ3v) is 2.25. The van der Waals surface area contributed by atoms with E-state index < -0.39 is 31.7 Å². The quantitative estimate of drug-likeness (QED) is 0.141. The number of aliphatic hydroxyl groups excluding tert-OH is 4. The number of hydrogen-bond acceptors (Lipinski definition) is 8. The van der Waals surface area contributed by atoms with E-state index in [2.05, 4.69) is 10.6 Å². The molecule has 0 spiro atoms. The zero-order valence-electron chi connectivity index (χ0n) is 10.5. The lowest BCUT2D eigenvalue weighted by atomic mass is 10.2. The summed E-state index contributed by atoms with van der Waals surface area (Å²) in [7, 11) is 0. The molecule has 8 N–H and O–H groups in total. The molecule has 0 aliphatic rings. The fourth-order valence-electron chi connectivity index (χ4n) is 1.29. The summed E-state index contributed by atoms with van der Waals surface area (Å²) in [6, 6.07) is 0. The van der Waals surface area contributed by atoms with Crippen LogP contribution in [0.15, 0.2) is 0 Å². The molecule has 0 aliphatic heterocycles. The maximum absolute atomic E-state index is 9.68. The standard InChI is InChI=1S/C10H25N3O5/c11-1-2-12-3-4-13-5-8(16)9(6-14)18-10(17)7-15/h8-10,12-17H,1-7,11H2. The largest absolute Gasteiger partial charge is 0.394 e. The maximum Gasteiger partial charge on any atom is 0.178 e. The maximum atomic E-state index is 9.68. The van der Waals surface area contributed by atoms with Crippen molar-refractivity contribution in [3.8, 4) is 0 Å². The van der Waals surface area contributed by atoms with Crippen molar-refractivity contribution >= 4 is 0 Å². The Bertz CT molecular complexity index is 187. The molecule has 8 nitrogen and oxygen atoms in total. The summed E-state index contributed by atoms with van der Waals surface area (Å²) >= 11 is 0. The third-order valence-electron chi connectivity index (χ3n) is 2.25. The van der Waals surface area contributed by atoms with E-state index in [0.717, 1.165) is 6.54 Å². The first-order valence-electron chi connectivity index (χ1n) is 6.00. The molecule has 0 saturated heterocycles. The van der Waals surface area contributed by atoms with Crippen molar-refractivity contribution < 1.29 is 25.2 Å². The molecule has 8 heteroatoms. The summed E-state index contributed by atoms with van der Waals surface area (Å²) in [4.78, 5) is 0. The van der Waals surface area contributed by atoms with Crippen LogP contribution in [0.25, 0.3) is 0 Å². The highest BCUT2D eigenvalue weighted by Gasteiger charge is 2.21. The Kier molecular flexibility index (Phi) is 11.5. The normalized spacial score (nSPS) is 16.5. The van der Waals surface area contributed by atoms with Crippen LogP contribution in [0.1, 0.15) is 0 Å². The van der Waals surface area contributed by atoms with E-state index in [0.29, 0.717) is 19.6 Å². The lowest BCUT2D eigenvalue weighted by Gasteiger charge is -2.23. The molecule has 0 aromatic carbocycles. The van der Waals surface area contributed by atoms with Gasteiger partial charge in [-0.25, -0.2) is 0 Å². The van der Waals surface area contributed by atoms with Gasteiger partial charge in [-0.1, -0.05) is 0 Å². The summed E-state index contributed by atoms with van der Waals surface area (Å²) in [5.41, 5.74) is 5.30. The van der Waals surface area contributed by atoms with Crippen LogP contribution in [0.5, 0.6) is 0 Å². The van der Waals surface area contributed by atoms with Crippen LogP contribution in [-0.4, -0.2) is 84.9 Å². The lowest BCUT2D eigenvalue weighted by molar-refractivity contribution is -0.188. The number of ether oxygens (including phenoxy) is 1. The van der Waals surface area contributed by atoms with Crippen molar-refractivity contribution in [1.82, 2.24) is 10.6 Å². The smallest absolute Gasteiger partial charge is 0.178 e. The Labute approximate surface area is 107 Å². The average Bonchev–Trinajstić information content (AvgIpc) is 2.39. The van der Waals surface area contributed by atoms with Crippen LogP contribution in [0.2, 0.25) is 0 Å². The topological polar surface area (TPSA) is 140 Å². The first-order chi connectivity index (χ1) is 8.65. The predicted molar refractivity (Wildman–Crippen MR) is 65.9 cm³/mol. The molecular weight excluding hydrogens is 242 g/mol. The summed E-state index contributed by atoms with van der Waals surface area (Å²) in [6.45, 7) is 1.85. The minimum atomic E-state index is -1.40. The van der Waals surface area contributed by atoms with Gasteiger partial charge in [-0.15, -0.1) is 0 Å².